The van der Waals surface area contributed by atoms with Crippen molar-refractivity contribution in [1.82, 2.24) is 10.3 Å². The third-order valence-corrected chi connectivity index (χ3v) is 3.37. The van der Waals surface area contributed by atoms with Crippen molar-refractivity contribution in [1.29, 1.82) is 0 Å². The van der Waals surface area contributed by atoms with Crippen molar-refractivity contribution in [3.8, 4) is 11.5 Å². The Morgan fingerprint density at radius 2 is 2.12 bits per heavy atom. The van der Waals surface area contributed by atoms with Gasteiger partial charge in [-0.2, -0.15) is 4.73 Å². The molecule has 2 heterocycles. The summed E-state index contributed by atoms with van der Waals surface area (Å²) in [4.78, 5) is 15.9. The molecule has 7 heteroatoms. The van der Waals surface area contributed by atoms with Crippen LogP contribution in [0.2, 0.25) is 0 Å². The second-order valence-electron chi connectivity index (χ2n) is 5.15. The summed E-state index contributed by atoms with van der Waals surface area (Å²) in [6.07, 6.45) is 4.30. The van der Waals surface area contributed by atoms with Crippen LogP contribution in [0.5, 0.6) is 11.5 Å². The van der Waals surface area contributed by atoms with Crippen LogP contribution in [-0.4, -0.2) is 10.9 Å². The molecule has 1 aromatic carbocycles. The van der Waals surface area contributed by atoms with Crippen molar-refractivity contribution in [3.05, 3.63) is 89.4 Å². The number of aromatic nitrogens is 2. The quantitative estimate of drug-likeness (QED) is 0.572. The molecular weight excluding hydrogens is 325 g/mol. The molecule has 25 heavy (non-hydrogen) atoms. The fraction of sp³-hybridized carbons (Fsp3) is 0.0556. The number of nitrogens with one attached hydrogen (secondary N) is 1. The van der Waals surface area contributed by atoms with E-state index in [1.165, 1.54) is 36.7 Å². The fourth-order valence-corrected chi connectivity index (χ4v) is 2.15. The first-order chi connectivity index (χ1) is 12.1. The molecule has 3 aromatic rings. The summed E-state index contributed by atoms with van der Waals surface area (Å²) >= 11 is 0. The standard InChI is InChI=1S/C18H14FN3O3/c19-15-10-13(6-7-17(15)25-14-4-3-8-20-12-14)11-21-18(23)16-5-1-2-9-22(16)24/h1-10,12H,11H2,(H,21,23). The van der Waals surface area contributed by atoms with E-state index in [1.54, 1.807) is 30.5 Å². The van der Waals surface area contributed by atoms with Crippen molar-refractivity contribution < 1.29 is 18.7 Å². The monoisotopic (exact) mass is 339 g/mol. The highest BCUT2D eigenvalue weighted by atomic mass is 19.1. The zero-order chi connectivity index (χ0) is 17.6. The number of rotatable bonds is 5. The lowest BCUT2D eigenvalue weighted by Gasteiger charge is -2.09. The van der Waals surface area contributed by atoms with Crippen LogP contribution in [0, 0.1) is 11.0 Å². The zero-order valence-electron chi connectivity index (χ0n) is 13.1. The van der Waals surface area contributed by atoms with Crippen LogP contribution in [0.25, 0.3) is 0 Å². The van der Waals surface area contributed by atoms with Gasteiger partial charge in [0.15, 0.2) is 17.8 Å². The van der Waals surface area contributed by atoms with Gasteiger partial charge in [0.25, 0.3) is 5.69 Å². The molecule has 0 saturated carbocycles. The Kier molecular flexibility index (Phi) is 4.84. The van der Waals surface area contributed by atoms with E-state index >= 15 is 0 Å². The van der Waals surface area contributed by atoms with Crippen LogP contribution in [0.1, 0.15) is 16.1 Å². The van der Waals surface area contributed by atoms with Crippen LogP contribution < -0.4 is 14.8 Å². The van der Waals surface area contributed by atoms with Crippen molar-refractivity contribution in [2.75, 3.05) is 0 Å². The van der Waals surface area contributed by atoms with E-state index in [0.29, 0.717) is 16.0 Å². The average Bonchev–Trinajstić information content (AvgIpc) is 2.63. The molecular formula is C18H14FN3O3. The minimum absolute atomic E-state index is 0.0282. The van der Waals surface area contributed by atoms with Crippen LogP contribution in [0.3, 0.4) is 0 Å². The molecule has 2 aromatic heterocycles. The van der Waals surface area contributed by atoms with Gasteiger partial charge in [-0.1, -0.05) is 6.07 Å². The molecule has 0 spiro atoms. The number of benzene rings is 1. The Bertz CT molecular complexity index is 888. The number of amides is 1. The molecule has 0 aliphatic rings. The van der Waals surface area contributed by atoms with Gasteiger partial charge in [-0.05, 0) is 35.9 Å². The lowest BCUT2D eigenvalue weighted by Crippen LogP contribution is -2.38. The zero-order valence-corrected chi connectivity index (χ0v) is 13.1. The van der Waals surface area contributed by atoms with Gasteiger partial charge in [-0.3, -0.25) is 9.78 Å². The summed E-state index contributed by atoms with van der Waals surface area (Å²) < 4.78 is 20.0. The second-order valence-corrected chi connectivity index (χ2v) is 5.15. The van der Waals surface area contributed by atoms with E-state index in [0.717, 1.165) is 0 Å². The molecule has 0 aliphatic heterocycles. The maximum Gasteiger partial charge on any atom is 0.317 e. The molecule has 0 saturated heterocycles. The third-order valence-electron chi connectivity index (χ3n) is 3.37. The minimum atomic E-state index is -0.561. The second kappa shape index (κ2) is 7.39. The number of ether oxygens (including phenoxy) is 1. The largest absolute Gasteiger partial charge is 0.618 e. The molecule has 1 N–H and O–H groups in total. The highest BCUT2D eigenvalue weighted by Gasteiger charge is 2.14. The van der Waals surface area contributed by atoms with Crippen molar-refractivity contribution in [2.24, 2.45) is 0 Å². The lowest BCUT2D eigenvalue weighted by molar-refractivity contribution is -0.607. The topological polar surface area (TPSA) is 78.2 Å². The minimum Gasteiger partial charge on any atom is -0.618 e. The van der Waals surface area contributed by atoms with E-state index in [9.17, 15) is 14.4 Å². The lowest BCUT2D eigenvalue weighted by atomic mass is 10.2. The van der Waals surface area contributed by atoms with Gasteiger partial charge in [0.1, 0.15) is 5.75 Å². The van der Waals surface area contributed by atoms with Gasteiger partial charge in [0, 0.05) is 24.9 Å². The van der Waals surface area contributed by atoms with Gasteiger partial charge >= 0.3 is 5.91 Å². The molecule has 3 rings (SSSR count). The first-order valence-corrected chi connectivity index (χ1v) is 7.46. The van der Waals surface area contributed by atoms with Crippen LogP contribution in [0.15, 0.2) is 67.1 Å². The van der Waals surface area contributed by atoms with Crippen molar-refractivity contribution in [3.63, 3.8) is 0 Å². The maximum absolute atomic E-state index is 14.1. The SMILES string of the molecule is O=C(NCc1ccc(Oc2cccnc2)c(F)c1)c1cccc[n+]1[O-]. The number of carbonyl (C=O) groups is 1. The summed E-state index contributed by atoms with van der Waals surface area (Å²) in [5.41, 5.74) is 0.511. The molecule has 0 unspecified atom stereocenters. The molecule has 0 bridgehead atoms. The number of pyridine rings is 2. The van der Waals surface area contributed by atoms with Crippen molar-refractivity contribution in [2.45, 2.75) is 6.54 Å². The molecule has 0 aliphatic carbocycles. The Labute approximate surface area is 143 Å². The van der Waals surface area contributed by atoms with E-state index in [1.807, 2.05) is 0 Å². The first kappa shape index (κ1) is 16.4. The van der Waals surface area contributed by atoms with Gasteiger partial charge in [-0.25, -0.2) is 4.39 Å². The van der Waals surface area contributed by atoms with Crippen LogP contribution in [-0.2, 0) is 6.54 Å². The van der Waals surface area contributed by atoms with E-state index in [4.69, 9.17) is 4.74 Å². The highest BCUT2D eigenvalue weighted by Crippen LogP contribution is 2.24. The number of carbonyl (C=O) groups excluding carboxylic acids is 1. The van der Waals surface area contributed by atoms with Gasteiger partial charge in [-0.15, -0.1) is 0 Å². The van der Waals surface area contributed by atoms with Gasteiger partial charge in [0.05, 0.1) is 6.20 Å². The Balaban J connectivity index is 1.65. The number of hydrogen-bond donors (Lipinski definition) is 1. The molecule has 6 nitrogen and oxygen atoms in total. The van der Waals surface area contributed by atoms with Crippen LogP contribution >= 0.6 is 0 Å². The number of halogens is 1. The van der Waals surface area contributed by atoms with Crippen LogP contribution in [0.4, 0.5) is 4.39 Å². The summed E-state index contributed by atoms with van der Waals surface area (Å²) in [6, 6.07) is 12.2. The molecule has 0 radical (unpaired) electrons. The predicted molar refractivity (Wildman–Crippen MR) is 87.3 cm³/mol. The Morgan fingerprint density at radius 3 is 2.84 bits per heavy atom. The summed E-state index contributed by atoms with van der Waals surface area (Å²) in [5.74, 6) is -0.615. The fourth-order valence-electron chi connectivity index (χ4n) is 2.15. The van der Waals surface area contributed by atoms with E-state index in [2.05, 4.69) is 10.3 Å². The van der Waals surface area contributed by atoms with E-state index in [-0.39, 0.29) is 18.0 Å². The average molecular weight is 339 g/mol. The van der Waals surface area contributed by atoms with Crippen molar-refractivity contribution >= 4 is 5.91 Å². The number of hydrogen-bond acceptors (Lipinski definition) is 4. The normalized spacial score (nSPS) is 10.3. The highest BCUT2D eigenvalue weighted by molar-refractivity contribution is 5.90. The molecule has 0 fully saturated rings. The number of nitrogens with zero attached hydrogens (tertiary/aromatic N) is 2. The Morgan fingerprint density at radius 1 is 1.24 bits per heavy atom. The smallest absolute Gasteiger partial charge is 0.317 e. The first-order valence-electron chi connectivity index (χ1n) is 7.46. The van der Waals surface area contributed by atoms with Gasteiger partial charge < -0.3 is 15.3 Å². The molecule has 1 amide bonds. The maximum atomic E-state index is 14.1. The van der Waals surface area contributed by atoms with E-state index < -0.39 is 11.7 Å². The summed E-state index contributed by atoms with van der Waals surface area (Å²) in [5, 5.41) is 14.1. The molecule has 126 valence electrons. The Hall–Kier alpha value is -3.48. The summed E-state index contributed by atoms with van der Waals surface area (Å²) in [6.45, 7) is 0.0812. The predicted octanol–water partition coefficient (Wildman–Crippen LogP) is 2.58. The van der Waals surface area contributed by atoms with Gasteiger partial charge in [0.2, 0.25) is 0 Å². The summed E-state index contributed by atoms with van der Waals surface area (Å²) in [7, 11) is 0. The molecule has 0 atom stereocenters. The third kappa shape index (κ3) is 4.08.